The monoisotopic (exact) mass is 476 g/mol. The first-order valence-electron chi connectivity index (χ1n) is 7.68. The Morgan fingerprint density at radius 3 is 0.933 bits per heavy atom. The van der Waals surface area contributed by atoms with Crippen LogP contribution in [0.3, 0.4) is 0 Å². The van der Waals surface area contributed by atoms with E-state index in [9.17, 15) is 19.2 Å². The number of aliphatic carboxylic acids is 4. The van der Waals surface area contributed by atoms with E-state index in [1.165, 1.54) is 9.80 Å². The van der Waals surface area contributed by atoms with E-state index in [-0.39, 0.29) is 158 Å². The van der Waals surface area contributed by atoms with Crippen LogP contribution >= 0.6 is 0 Å². The Kier molecular flexibility index (Phi) is 37.7. The molecule has 0 saturated heterocycles. The Labute approximate surface area is 263 Å². The van der Waals surface area contributed by atoms with Gasteiger partial charge in [0.25, 0.3) is 0 Å². The fourth-order valence-corrected chi connectivity index (χ4v) is 1.90. The Hall–Kier alpha value is 1.72. The van der Waals surface area contributed by atoms with Crippen LogP contribution in [-0.4, -0.2) is 238 Å². The molecule has 0 radical (unpaired) electrons. The number of rotatable bonds is 17. The summed E-state index contributed by atoms with van der Waals surface area (Å²) in [5, 5.41) is 34.7. The van der Waals surface area contributed by atoms with Gasteiger partial charge in [0.15, 0.2) is 0 Å². The van der Waals surface area contributed by atoms with Crippen LogP contribution in [0.5, 0.6) is 0 Å². The molecule has 0 aromatic heterocycles. The molecule has 0 aromatic rings. The predicted molar refractivity (Wildman–Crippen MR) is 114 cm³/mol. The third kappa shape index (κ3) is 29.7. The second kappa shape index (κ2) is 27.0. The van der Waals surface area contributed by atoms with Gasteiger partial charge in [-0.3, -0.25) is 29.0 Å². The third-order valence-corrected chi connectivity index (χ3v) is 2.91. The van der Waals surface area contributed by atoms with Crippen molar-refractivity contribution < 1.29 is 49.1 Å². The van der Waals surface area contributed by atoms with Gasteiger partial charge in [-0.1, -0.05) is 0 Å². The van der Waals surface area contributed by atoms with Gasteiger partial charge in [-0.05, 0) is 0 Å². The molecular formula is C14H28N2Na4O10. The second-order valence-electron chi connectivity index (χ2n) is 5.22. The Morgan fingerprint density at radius 2 is 0.733 bits per heavy atom. The zero-order chi connectivity index (χ0) is 19.9. The number of ether oxygens (including phenoxy) is 2. The summed E-state index contributed by atoms with van der Waals surface area (Å²) < 4.78 is 10.4. The average molecular weight is 476 g/mol. The molecule has 158 valence electrons. The van der Waals surface area contributed by atoms with E-state index in [2.05, 4.69) is 0 Å². The van der Waals surface area contributed by atoms with Gasteiger partial charge in [-0.2, -0.15) is 0 Å². The molecule has 0 aliphatic rings. The molecule has 12 nitrogen and oxygen atoms in total. The summed E-state index contributed by atoms with van der Waals surface area (Å²) in [6.07, 6.45) is 0. The van der Waals surface area contributed by atoms with E-state index < -0.39 is 50.1 Å². The van der Waals surface area contributed by atoms with Crippen LogP contribution < -0.4 is 0 Å². The SMILES string of the molecule is O=C(O)CN(CCOCCOCCN(CC(=O)O)CC(=O)O)CC(=O)O.[NaH].[NaH].[NaH].[NaH]. The standard InChI is InChI=1S/C14H24N2O10.4Na.4H/c17-11(18)7-15(8-12(19)20)1-3-25-5-6-26-4-2-16(9-13(21)22)10-14(23)24;;;;;;;;/h1-10H2,(H,17,18)(H,19,20)(H,21,22)(H,23,24);;;;;;;;. The van der Waals surface area contributed by atoms with Crippen molar-refractivity contribution >= 4 is 142 Å². The topological polar surface area (TPSA) is 174 Å². The van der Waals surface area contributed by atoms with Gasteiger partial charge in [-0.25, -0.2) is 0 Å². The quantitative estimate of drug-likeness (QED) is 0.117. The first-order chi connectivity index (χ1) is 12.2. The van der Waals surface area contributed by atoms with Crippen LogP contribution in [-0.2, 0) is 28.7 Å². The molecule has 4 N–H and O–H groups in total. The molecule has 30 heavy (non-hydrogen) atoms. The molecule has 0 saturated carbocycles. The van der Waals surface area contributed by atoms with Crippen LogP contribution in [0.4, 0.5) is 0 Å². The van der Waals surface area contributed by atoms with Crippen molar-refractivity contribution in [1.82, 2.24) is 9.80 Å². The first kappa shape index (κ1) is 41.9. The van der Waals surface area contributed by atoms with Crippen LogP contribution in [0.2, 0.25) is 0 Å². The molecule has 0 heterocycles. The zero-order valence-corrected chi connectivity index (χ0v) is 14.2. The molecule has 0 amide bonds. The molecule has 16 heteroatoms. The zero-order valence-electron chi connectivity index (χ0n) is 14.2. The van der Waals surface area contributed by atoms with Gasteiger partial charge in [0.1, 0.15) is 0 Å². The summed E-state index contributed by atoms with van der Waals surface area (Å²) in [4.78, 5) is 44.9. The summed E-state index contributed by atoms with van der Waals surface area (Å²) >= 11 is 0. The second-order valence-corrected chi connectivity index (χ2v) is 5.22. The van der Waals surface area contributed by atoms with Gasteiger partial charge in [0.05, 0.1) is 52.6 Å². The van der Waals surface area contributed by atoms with E-state index in [4.69, 9.17) is 29.9 Å². The van der Waals surface area contributed by atoms with Crippen molar-refractivity contribution in [2.75, 3.05) is 65.7 Å². The summed E-state index contributed by atoms with van der Waals surface area (Å²) in [6, 6.07) is 0. The van der Waals surface area contributed by atoms with Crippen LogP contribution in [0.15, 0.2) is 0 Å². The number of hydrogen-bond donors (Lipinski definition) is 4. The fourth-order valence-electron chi connectivity index (χ4n) is 1.90. The van der Waals surface area contributed by atoms with Crippen LogP contribution in [0, 0.1) is 0 Å². The fraction of sp³-hybridized carbons (Fsp3) is 0.714. The maximum absolute atomic E-state index is 10.6. The third-order valence-electron chi connectivity index (χ3n) is 2.91. The molecule has 0 bridgehead atoms. The summed E-state index contributed by atoms with van der Waals surface area (Å²) in [7, 11) is 0. The van der Waals surface area contributed by atoms with E-state index >= 15 is 0 Å². The molecule has 0 rings (SSSR count). The van der Waals surface area contributed by atoms with E-state index in [1.54, 1.807) is 0 Å². The van der Waals surface area contributed by atoms with Gasteiger partial charge in [-0.15, -0.1) is 0 Å². The van der Waals surface area contributed by atoms with Crippen molar-refractivity contribution in [3.63, 3.8) is 0 Å². The number of carbonyl (C=O) groups is 4. The molecule has 0 aliphatic heterocycles. The molecule has 0 fully saturated rings. The molecule has 0 spiro atoms. The number of hydrogen-bond acceptors (Lipinski definition) is 8. The van der Waals surface area contributed by atoms with E-state index in [0.29, 0.717) is 0 Å². The van der Waals surface area contributed by atoms with Crippen molar-refractivity contribution in [3.8, 4) is 0 Å². The molecule has 0 aromatic carbocycles. The normalized spacial score (nSPS) is 9.53. The summed E-state index contributed by atoms with van der Waals surface area (Å²) in [5.74, 6) is -4.55. The van der Waals surface area contributed by atoms with Crippen molar-refractivity contribution in [3.05, 3.63) is 0 Å². The van der Waals surface area contributed by atoms with Crippen LogP contribution in [0.25, 0.3) is 0 Å². The summed E-state index contributed by atoms with van der Waals surface area (Å²) in [5.41, 5.74) is 0. The van der Waals surface area contributed by atoms with Crippen LogP contribution in [0.1, 0.15) is 0 Å². The van der Waals surface area contributed by atoms with Gasteiger partial charge in [0, 0.05) is 13.1 Å². The van der Waals surface area contributed by atoms with Gasteiger partial charge < -0.3 is 29.9 Å². The minimum absolute atomic E-state index is 0. The molecular weight excluding hydrogens is 448 g/mol. The molecule has 0 aliphatic carbocycles. The predicted octanol–water partition coefficient (Wildman–Crippen LogP) is -4.63. The van der Waals surface area contributed by atoms with Gasteiger partial charge >= 0.3 is 142 Å². The Morgan fingerprint density at radius 1 is 0.500 bits per heavy atom. The summed E-state index contributed by atoms with van der Waals surface area (Å²) in [6.45, 7) is -0.790. The first-order valence-corrected chi connectivity index (χ1v) is 7.68. The molecule has 0 unspecified atom stereocenters. The van der Waals surface area contributed by atoms with E-state index in [0.717, 1.165) is 0 Å². The van der Waals surface area contributed by atoms with Gasteiger partial charge in [0.2, 0.25) is 0 Å². The Bertz CT molecular complexity index is 414. The average Bonchev–Trinajstić information content (AvgIpc) is 2.47. The van der Waals surface area contributed by atoms with E-state index in [1.807, 2.05) is 0 Å². The van der Waals surface area contributed by atoms with Crippen molar-refractivity contribution in [2.45, 2.75) is 0 Å². The van der Waals surface area contributed by atoms with Crippen molar-refractivity contribution in [1.29, 1.82) is 0 Å². The number of carboxylic acid groups (broad SMARTS) is 4. The minimum atomic E-state index is -1.14. The van der Waals surface area contributed by atoms with Crippen molar-refractivity contribution in [2.24, 2.45) is 0 Å². The molecule has 0 atom stereocenters. The Balaban J connectivity index is -0.000000521. The number of nitrogens with zero attached hydrogens (tertiary/aromatic N) is 2. The number of carboxylic acids is 4. The maximum atomic E-state index is 10.6.